The number of H-pyrrole nitrogens is 1. The van der Waals surface area contributed by atoms with Crippen LogP contribution in [0.25, 0.3) is 22.6 Å². The molecule has 0 spiro atoms. The molecule has 1 N–H and O–H groups in total. The average Bonchev–Trinajstić information content (AvgIpc) is 3.14. The van der Waals surface area contributed by atoms with Gasteiger partial charge in [0.1, 0.15) is 5.52 Å². The van der Waals surface area contributed by atoms with Crippen LogP contribution in [0.1, 0.15) is 44.2 Å². The average molecular weight is 415 g/mol. The van der Waals surface area contributed by atoms with Crippen molar-refractivity contribution in [3.63, 3.8) is 0 Å². The topological polar surface area (TPSA) is 79.7 Å². The van der Waals surface area contributed by atoms with Gasteiger partial charge >= 0.3 is 5.69 Å². The van der Waals surface area contributed by atoms with Gasteiger partial charge in [0, 0.05) is 24.8 Å². The van der Waals surface area contributed by atoms with E-state index in [-0.39, 0.29) is 11.7 Å². The van der Waals surface area contributed by atoms with E-state index in [0.717, 1.165) is 37.2 Å². The molecule has 31 heavy (non-hydrogen) atoms. The molecule has 0 aliphatic carbocycles. The Morgan fingerprint density at radius 2 is 2.00 bits per heavy atom. The van der Waals surface area contributed by atoms with Gasteiger partial charge in [0.05, 0.1) is 24.1 Å². The Balaban J connectivity index is 1.56. The lowest BCUT2D eigenvalue weighted by molar-refractivity contribution is 0.404. The van der Waals surface area contributed by atoms with Crippen LogP contribution in [0.15, 0.2) is 59.8 Å². The summed E-state index contributed by atoms with van der Waals surface area (Å²) in [5.74, 6) is 1.01. The van der Waals surface area contributed by atoms with Crippen molar-refractivity contribution < 1.29 is 0 Å². The van der Waals surface area contributed by atoms with Crippen molar-refractivity contribution >= 4 is 16.9 Å². The highest BCUT2D eigenvalue weighted by molar-refractivity contribution is 5.74. The third-order valence-corrected chi connectivity index (χ3v) is 6.05. The van der Waals surface area contributed by atoms with Gasteiger partial charge in [-0.25, -0.2) is 14.8 Å². The highest BCUT2D eigenvalue weighted by atomic mass is 16.1. The highest BCUT2D eigenvalue weighted by Gasteiger charge is 2.26. The minimum atomic E-state index is -0.128. The van der Waals surface area contributed by atoms with Crippen LogP contribution < -0.4 is 10.6 Å². The number of piperidine rings is 1. The Morgan fingerprint density at radius 3 is 2.81 bits per heavy atom. The van der Waals surface area contributed by atoms with Gasteiger partial charge in [0.15, 0.2) is 11.5 Å². The summed E-state index contributed by atoms with van der Waals surface area (Å²) in [7, 11) is 0. The van der Waals surface area contributed by atoms with Gasteiger partial charge in [0.25, 0.3) is 0 Å². The van der Waals surface area contributed by atoms with Gasteiger partial charge in [-0.05, 0) is 36.5 Å². The molecule has 1 saturated heterocycles. The van der Waals surface area contributed by atoms with Crippen molar-refractivity contribution in [2.75, 3.05) is 18.0 Å². The summed E-state index contributed by atoms with van der Waals surface area (Å²) in [6.45, 7) is 6.04. The zero-order chi connectivity index (χ0) is 21.4. The number of fused-ring (bicyclic) bond motifs is 1. The van der Waals surface area contributed by atoms with E-state index in [1.54, 1.807) is 12.4 Å². The van der Waals surface area contributed by atoms with Gasteiger partial charge in [-0.3, -0.25) is 9.55 Å². The Hall–Kier alpha value is -3.48. The van der Waals surface area contributed by atoms with Gasteiger partial charge in [-0.1, -0.05) is 38.1 Å². The van der Waals surface area contributed by atoms with Crippen LogP contribution in [0.4, 0.5) is 5.69 Å². The van der Waals surface area contributed by atoms with Gasteiger partial charge < -0.3 is 9.88 Å². The number of aromatic amines is 1. The van der Waals surface area contributed by atoms with Crippen molar-refractivity contribution in [3.05, 3.63) is 71.0 Å². The number of imidazole rings is 1. The maximum atomic E-state index is 12.9. The van der Waals surface area contributed by atoms with Crippen LogP contribution in [-0.2, 0) is 0 Å². The van der Waals surface area contributed by atoms with Crippen LogP contribution >= 0.6 is 0 Å². The highest BCUT2D eigenvalue weighted by Crippen LogP contribution is 2.29. The molecule has 1 aliphatic rings. The number of aromatic nitrogens is 5. The second kappa shape index (κ2) is 7.98. The third-order valence-electron chi connectivity index (χ3n) is 6.05. The summed E-state index contributed by atoms with van der Waals surface area (Å²) in [5.41, 5.74) is 4.52. The first kappa shape index (κ1) is 19.5. The number of anilines is 1. The van der Waals surface area contributed by atoms with Crippen LogP contribution in [-0.4, -0.2) is 37.6 Å². The van der Waals surface area contributed by atoms with E-state index in [4.69, 9.17) is 4.98 Å². The lowest BCUT2D eigenvalue weighted by atomic mass is 9.97. The molecule has 1 fully saturated rings. The lowest BCUT2D eigenvalue weighted by Crippen LogP contribution is -2.39. The van der Waals surface area contributed by atoms with Crippen LogP contribution in [0, 0.1) is 0 Å². The molecule has 5 rings (SSSR count). The standard InChI is InChI=1S/C24H26N6O/c1-16(2)19-9-3-4-10-20(19)22-26-14-21-23(28-22)30(24(31)27-21)18-8-6-12-29(15-18)17-7-5-11-25-13-17/h3-5,7,9-11,13-14,16,18H,6,8,12,15H2,1-2H3,(H,27,31). The fourth-order valence-electron chi connectivity index (χ4n) is 4.53. The largest absolute Gasteiger partial charge is 0.368 e. The van der Waals surface area contributed by atoms with E-state index in [2.05, 4.69) is 51.9 Å². The van der Waals surface area contributed by atoms with Crippen molar-refractivity contribution in [3.8, 4) is 11.4 Å². The van der Waals surface area contributed by atoms with Crippen molar-refractivity contribution in [2.45, 2.75) is 38.6 Å². The number of benzene rings is 1. The predicted octanol–water partition coefficient (Wildman–Crippen LogP) is 4.15. The molecule has 3 aromatic heterocycles. The molecule has 1 atom stereocenters. The molecule has 158 valence electrons. The minimum Gasteiger partial charge on any atom is -0.368 e. The Kier molecular flexibility index (Phi) is 5.02. The maximum Gasteiger partial charge on any atom is 0.328 e. The summed E-state index contributed by atoms with van der Waals surface area (Å²) >= 11 is 0. The van der Waals surface area contributed by atoms with E-state index in [1.807, 2.05) is 29.0 Å². The fraction of sp³-hybridized carbons (Fsp3) is 0.333. The van der Waals surface area contributed by atoms with Crippen LogP contribution in [0.5, 0.6) is 0 Å². The van der Waals surface area contributed by atoms with Gasteiger partial charge in [-0.2, -0.15) is 0 Å². The molecule has 7 heteroatoms. The summed E-state index contributed by atoms with van der Waals surface area (Å²) in [5, 5.41) is 0. The second-order valence-corrected chi connectivity index (χ2v) is 8.43. The molecule has 1 aromatic carbocycles. The second-order valence-electron chi connectivity index (χ2n) is 8.43. The van der Waals surface area contributed by atoms with E-state index in [1.165, 1.54) is 5.56 Å². The van der Waals surface area contributed by atoms with E-state index < -0.39 is 0 Å². The summed E-state index contributed by atoms with van der Waals surface area (Å²) in [6.07, 6.45) is 7.33. The first-order chi connectivity index (χ1) is 15.1. The van der Waals surface area contributed by atoms with Gasteiger partial charge in [-0.15, -0.1) is 0 Å². The summed E-state index contributed by atoms with van der Waals surface area (Å²) < 4.78 is 1.82. The van der Waals surface area contributed by atoms with Crippen LogP contribution in [0.3, 0.4) is 0 Å². The Bertz CT molecular complexity index is 1260. The quantitative estimate of drug-likeness (QED) is 0.543. The Morgan fingerprint density at radius 1 is 1.13 bits per heavy atom. The number of hydrogen-bond donors (Lipinski definition) is 1. The molecule has 1 aliphatic heterocycles. The zero-order valence-electron chi connectivity index (χ0n) is 17.8. The van der Waals surface area contributed by atoms with E-state index in [9.17, 15) is 4.79 Å². The molecule has 0 bridgehead atoms. The third kappa shape index (κ3) is 3.60. The number of pyridine rings is 1. The summed E-state index contributed by atoms with van der Waals surface area (Å²) in [4.78, 5) is 31.8. The maximum absolute atomic E-state index is 12.9. The van der Waals surface area contributed by atoms with Crippen molar-refractivity contribution in [1.29, 1.82) is 0 Å². The first-order valence-corrected chi connectivity index (χ1v) is 10.8. The SMILES string of the molecule is CC(C)c1ccccc1-c1ncc2[nH]c(=O)n(C3CCCN(c4cccnc4)C3)c2n1. The number of nitrogens with one attached hydrogen (secondary N) is 1. The zero-order valence-corrected chi connectivity index (χ0v) is 17.8. The van der Waals surface area contributed by atoms with E-state index in [0.29, 0.717) is 22.9 Å². The van der Waals surface area contributed by atoms with Crippen molar-refractivity contribution in [2.24, 2.45) is 0 Å². The monoisotopic (exact) mass is 414 g/mol. The number of hydrogen-bond acceptors (Lipinski definition) is 5. The molecule has 1 unspecified atom stereocenters. The minimum absolute atomic E-state index is 0.0401. The van der Waals surface area contributed by atoms with Gasteiger partial charge in [0.2, 0.25) is 0 Å². The molecule has 4 aromatic rings. The fourth-order valence-corrected chi connectivity index (χ4v) is 4.53. The Labute approximate surface area is 180 Å². The lowest BCUT2D eigenvalue weighted by Gasteiger charge is -2.34. The van der Waals surface area contributed by atoms with E-state index >= 15 is 0 Å². The number of nitrogens with zero attached hydrogens (tertiary/aromatic N) is 5. The molecular weight excluding hydrogens is 388 g/mol. The number of rotatable bonds is 4. The molecule has 0 saturated carbocycles. The molecule has 4 heterocycles. The smallest absolute Gasteiger partial charge is 0.328 e. The molecule has 7 nitrogen and oxygen atoms in total. The van der Waals surface area contributed by atoms with Crippen LogP contribution in [0.2, 0.25) is 0 Å². The molecule has 0 radical (unpaired) electrons. The predicted molar refractivity (Wildman–Crippen MR) is 122 cm³/mol. The molecular formula is C24H26N6O. The summed E-state index contributed by atoms with van der Waals surface area (Å²) in [6, 6.07) is 12.3. The first-order valence-electron chi connectivity index (χ1n) is 10.8. The normalized spacial score (nSPS) is 16.9. The molecule has 0 amide bonds. The van der Waals surface area contributed by atoms with Crippen molar-refractivity contribution in [1.82, 2.24) is 24.5 Å².